The average molecular weight is 291 g/mol. The highest BCUT2D eigenvalue weighted by Crippen LogP contribution is 2.58. The monoisotopic (exact) mass is 291 g/mol. The molecule has 4 nitrogen and oxygen atoms in total. The first-order valence-electron chi connectivity index (χ1n) is 6.95. The minimum absolute atomic E-state index is 0.0731. The van der Waals surface area contributed by atoms with Crippen molar-refractivity contribution < 1.29 is 13.2 Å². The smallest absolute Gasteiger partial charge is 0.163 e. The summed E-state index contributed by atoms with van der Waals surface area (Å²) in [5, 5.41) is 0. The first kappa shape index (κ1) is 16.9. The number of hydrogen-bond donors (Lipinski definition) is 1. The molecule has 0 aromatic heterocycles. The Balaban J connectivity index is 2.88. The van der Waals surface area contributed by atoms with Crippen LogP contribution in [0.5, 0.6) is 0 Å². The molecule has 0 aromatic rings. The molecule has 1 fully saturated rings. The fourth-order valence-corrected chi connectivity index (χ4v) is 5.37. The Morgan fingerprint density at radius 2 is 1.68 bits per heavy atom. The fraction of sp³-hybridized carbons (Fsp3) is 1.00. The molecule has 0 saturated heterocycles. The van der Waals surface area contributed by atoms with E-state index in [1.54, 1.807) is 13.8 Å². The molecule has 1 aliphatic rings. The van der Waals surface area contributed by atoms with Gasteiger partial charge in [-0.1, -0.05) is 20.8 Å². The van der Waals surface area contributed by atoms with Gasteiger partial charge in [-0.25, -0.2) is 8.42 Å². The highest BCUT2D eigenvalue weighted by Gasteiger charge is 2.65. The molecule has 0 bridgehead atoms. The molecule has 0 amide bonds. The second-order valence-electron chi connectivity index (χ2n) is 7.50. The molecule has 0 heterocycles. The van der Waals surface area contributed by atoms with Crippen LogP contribution in [0, 0.1) is 5.41 Å². The summed E-state index contributed by atoms with van der Waals surface area (Å²) in [7, 11) is -3.25. The summed E-state index contributed by atoms with van der Waals surface area (Å²) in [6.45, 7) is 12.0. The third-order valence-electron chi connectivity index (χ3n) is 4.14. The minimum Gasteiger partial charge on any atom is -0.378 e. The molecule has 0 aromatic carbocycles. The summed E-state index contributed by atoms with van der Waals surface area (Å²) in [5.41, 5.74) is 5.39. The van der Waals surface area contributed by atoms with Crippen LogP contribution in [0.3, 0.4) is 0 Å². The molecule has 0 radical (unpaired) electrons. The Kier molecular flexibility index (Phi) is 4.46. The Labute approximate surface area is 118 Å². The molecule has 1 atom stereocenters. The molecule has 1 rings (SSSR count). The molecular weight excluding hydrogens is 262 g/mol. The lowest BCUT2D eigenvalue weighted by Gasteiger charge is -2.37. The van der Waals surface area contributed by atoms with Gasteiger partial charge < -0.3 is 10.5 Å². The van der Waals surface area contributed by atoms with Crippen molar-refractivity contribution in [2.45, 2.75) is 69.9 Å². The van der Waals surface area contributed by atoms with E-state index < -0.39 is 19.3 Å². The van der Waals surface area contributed by atoms with Gasteiger partial charge in [0, 0.05) is 6.04 Å². The van der Waals surface area contributed by atoms with Gasteiger partial charge in [0.05, 0.1) is 22.7 Å². The fourth-order valence-electron chi connectivity index (χ4n) is 2.63. The Morgan fingerprint density at radius 3 is 2.00 bits per heavy atom. The van der Waals surface area contributed by atoms with Crippen molar-refractivity contribution in [1.82, 2.24) is 0 Å². The second-order valence-corrected chi connectivity index (χ2v) is 10.4. The summed E-state index contributed by atoms with van der Waals surface area (Å²) in [6, 6.07) is -0.0731. The van der Waals surface area contributed by atoms with Gasteiger partial charge in [-0.05, 0) is 39.0 Å². The first-order chi connectivity index (χ1) is 8.37. The van der Waals surface area contributed by atoms with Crippen LogP contribution in [0.15, 0.2) is 0 Å². The molecule has 0 spiro atoms. The zero-order valence-electron chi connectivity index (χ0n) is 13.1. The van der Waals surface area contributed by atoms with Crippen molar-refractivity contribution >= 4 is 9.84 Å². The van der Waals surface area contributed by atoms with Crippen molar-refractivity contribution in [2.75, 3.05) is 13.2 Å². The standard InChI is InChI=1S/C14H29NO3S/c1-11(15)9-18-10-13(5,6)19(16,17)14(7-8-14)12(2,3)4/h11H,7-10,15H2,1-6H3. The minimum atomic E-state index is -3.25. The van der Waals surface area contributed by atoms with Crippen molar-refractivity contribution in [3.63, 3.8) is 0 Å². The highest BCUT2D eigenvalue weighted by atomic mass is 32.2. The second kappa shape index (κ2) is 5.01. The van der Waals surface area contributed by atoms with Crippen molar-refractivity contribution in [3.05, 3.63) is 0 Å². The van der Waals surface area contributed by atoms with Crippen molar-refractivity contribution in [3.8, 4) is 0 Å². The van der Waals surface area contributed by atoms with E-state index in [2.05, 4.69) is 0 Å². The molecule has 114 valence electrons. The van der Waals surface area contributed by atoms with Crippen LogP contribution in [0.25, 0.3) is 0 Å². The Bertz CT molecular complexity index is 414. The van der Waals surface area contributed by atoms with Crippen LogP contribution in [-0.2, 0) is 14.6 Å². The summed E-state index contributed by atoms with van der Waals surface area (Å²) in [6.07, 6.45) is 1.52. The zero-order chi connectivity index (χ0) is 15.1. The van der Waals surface area contributed by atoms with E-state index in [1.165, 1.54) is 0 Å². The van der Waals surface area contributed by atoms with Gasteiger partial charge in [0.2, 0.25) is 0 Å². The van der Waals surface area contributed by atoms with Gasteiger partial charge in [0.15, 0.2) is 9.84 Å². The number of rotatable bonds is 6. The number of sulfone groups is 1. The van der Waals surface area contributed by atoms with E-state index in [0.717, 1.165) is 12.8 Å². The molecule has 19 heavy (non-hydrogen) atoms. The average Bonchev–Trinajstić information content (AvgIpc) is 2.94. The predicted molar refractivity (Wildman–Crippen MR) is 78.9 cm³/mol. The first-order valence-corrected chi connectivity index (χ1v) is 8.43. The number of nitrogens with two attached hydrogens (primary N) is 1. The molecule has 0 aliphatic heterocycles. The van der Waals surface area contributed by atoms with Crippen LogP contribution in [0.2, 0.25) is 0 Å². The van der Waals surface area contributed by atoms with E-state index in [0.29, 0.717) is 6.61 Å². The number of hydrogen-bond acceptors (Lipinski definition) is 4. The molecule has 1 aliphatic carbocycles. The van der Waals surface area contributed by atoms with E-state index in [1.807, 2.05) is 27.7 Å². The lowest BCUT2D eigenvalue weighted by Crippen LogP contribution is -2.50. The molecule has 2 N–H and O–H groups in total. The SMILES string of the molecule is CC(N)COCC(C)(C)S(=O)(=O)C1(C(C)(C)C)CC1. The Hall–Kier alpha value is -0.130. The summed E-state index contributed by atoms with van der Waals surface area (Å²) < 4.78 is 29.9. The third-order valence-corrected chi connectivity index (χ3v) is 7.77. The maximum Gasteiger partial charge on any atom is 0.163 e. The van der Waals surface area contributed by atoms with Gasteiger partial charge in [0.1, 0.15) is 0 Å². The van der Waals surface area contributed by atoms with Crippen molar-refractivity contribution in [2.24, 2.45) is 11.1 Å². The normalized spacial score (nSPS) is 21.2. The largest absolute Gasteiger partial charge is 0.378 e. The topological polar surface area (TPSA) is 69.4 Å². The molecule has 1 saturated carbocycles. The Morgan fingerprint density at radius 1 is 1.21 bits per heavy atom. The van der Waals surface area contributed by atoms with Gasteiger partial charge in [-0.15, -0.1) is 0 Å². The van der Waals surface area contributed by atoms with Crippen molar-refractivity contribution in [1.29, 1.82) is 0 Å². The van der Waals surface area contributed by atoms with Gasteiger partial charge in [-0.2, -0.15) is 0 Å². The quantitative estimate of drug-likeness (QED) is 0.814. The third kappa shape index (κ3) is 2.98. The highest BCUT2D eigenvalue weighted by molar-refractivity contribution is 7.94. The lowest BCUT2D eigenvalue weighted by molar-refractivity contribution is 0.107. The van der Waals surface area contributed by atoms with Crippen LogP contribution >= 0.6 is 0 Å². The summed E-state index contributed by atoms with van der Waals surface area (Å²) >= 11 is 0. The molecule has 5 heteroatoms. The number of ether oxygens (including phenoxy) is 1. The predicted octanol–water partition coefficient (Wildman–Crippen LogP) is 2.12. The van der Waals surface area contributed by atoms with E-state index in [4.69, 9.17) is 10.5 Å². The lowest BCUT2D eigenvalue weighted by atomic mass is 9.89. The van der Waals surface area contributed by atoms with Crippen LogP contribution in [0.4, 0.5) is 0 Å². The van der Waals surface area contributed by atoms with E-state index in [9.17, 15) is 8.42 Å². The maximum atomic E-state index is 12.9. The summed E-state index contributed by atoms with van der Waals surface area (Å²) in [5.74, 6) is 0. The van der Waals surface area contributed by atoms with Gasteiger partial charge >= 0.3 is 0 Å². The maximum absolute atomic E-state index is 12.9. The van der Waals surface area contributed by atoms with Crippen LogP contribution in [-0.4, -0.2) is 37.2 Å². The summed E-state index contributed by atoms with van der Waals surface area (Å²) in [4.78, 5) is 0. The van der Waals surface area contributed by atoms with Crippen LogP contribution in [0.1, 0.15) is 54.4 Å². The van der Waals surface area contributed by atoms with Gasteiger partial charge in [-0.3, -0.25) is 0 Å². The van der Waals surface area contributed by atoms with Crippen LogP contribution < -0.4 is 5.73 Å². The molecular formula is C14H29NO3S. The van der Waals surface area contributed by atoms with E-state index >= 15 is 0 Å². The molecule has 1 unspecified atom stereocenters. The zero-order valence-corrected chi connectivity index (χ0v) is 13.9. The van der Waals surface area contributed by atoms with Gasteiger partial charge in [0.25, 0.3) is 0 Å². The van der Waals surface area contributed by atoms with E-state index in [-0.39, 0.29) is 18.1 Å².